The van der Waals surface area contributed by atoms with Crippen LogP contribution in [0.15, 0.2) is 42.0 Å². The Morgan fingerprint density at radius 2 is 2.00 bits per heavy atom. The first-order chi connectivity index (χ1) is 12.5. The fourth-order valence-electron chi connectivity index (χ4n) is 2.28. The van der Waals surface area contributed by atoms with Crippen LogP contribution in [0, 0.1) is 11.3 Å². The molecule has 0 aliphatic carbocycles. The lowest BCUT2D eigenvalue weighted by molar-refractivity contribution is -0.112. The molecule has 0 saturated carbocycles. The summed E-state index contributed by atoms with van der Waals surface area (Å²) in [6.45, 7) is 4.16. The number of carbonyl (C=O) groups is 1. The molecule has 0 radical (unpaired) electrons. The molecule has 0 unspecified atom stereocenters. The van der Waals surface area contributed by atoms with Crippen molar-refractivity contribution in [2.75, 3.05) is 11.9 Å². The molecule has 0 aromatic heterocycles. The molecule has 2 aromatic carbocycles. The first kappa shape index (κ1) is 19.4. The number of carbonyl (C=O) groups excluding carboxylic acids is 1. The summed E-state index contributed by atoms with van der Waals surface area (Å²) >= 11 is 5.98. The van der Waals surface area contributed by atoms with Crippen LogP contribution >= 0.6 is 11.6 Å². The Morgan fingerprint density at radius 1 is 1.31 bits per heavy atom. The van der Waals surface area contributed by atoms with E-state index in [9.17, 15) is 15.2 Å². The molecule has 134 valence electrons. The number of hydrogen-bond donors (Lipinski definition) is 2. The molecule has 0 bridgehead atoms. The number of ether oxygens (including phenoxy) is 1. The fourth-order valence-corrected chi connectivity index (χ4v) is 2.50. The molecule has 2 rings (SSSR count). The van der Waals surface area contributed by atoms with Gasteiger partial charge in [-0.25, -0.2) is 0 Å². The SMILES string of the molecule is CCOc1cc(C=C(C#N)C(=O)Nc2ccc(CC)cc2)cc(Cl)c1O. The Kier molecular flexibility index (Phi) is 6.65. The summed E-state index contributed by atoms with van der Waals surface area (Å²) in [6, 6.07) is 12.3. The topological polar surface area (TPSA) is 82.3 Å². The molecule has 26 heavy (non-hydrogen) atoms. The number of benzene rings is 2. The minimum Gasteiger partial charge on any atom is -0.503 e. The van der Waals surface area contributed by atoms with Crippen LogP contribution in [0.3, 0.4) is 0 Å². The molecule has 2 N–H and O–H groups in total. The van der Waals surface area contributed by atoms with Crippen LogP contribution in [0.2, 0.25) is 5.02 Å². The summed E-state index contributed by atoms with van der Waals surface area (Å²) in [5.41, 5.74) is 2.14. The smallest absolute Gasteiger partial charge is 0.266 e. The number of hydrogen-bond acceptors (Lipinski definition) is 4. The number of halogens is 1. The molecule has 5 nitrogen and oxygen atoms in total. The van der Waals surface area contributed by atoms with Crippen molar-refractivity contribution in [1.82, 2.24) is 0 Å². The Morgan fingerprint density at radius 3 is 2.58 bits per heavy atom. The van der Waals surface area contributed by atoms with Gasteiger partial charge in [0.05, 0.1) is 11.6 Å². The number of nitriles is 1. The zero-order chi connectivity index (χ0) is 19.1. The Hall–Kier alpha value is -2.97. The van der Waals surface area contributed by atoms with Crippen molar-refractivity contribution in [2.45, 2.75) is 20.3 Å². The van der Waals surface area contributed by atoms with E-state index in [0.717, 1.165) is 12.0 Å². The van der Waals surface area contributed by atoms with E-state index in [1.165, 1.54) is 18.2 Å². The maximum atomic E-state index is 12.3. The number of phenols is 1. The van der Waals surface area contributed by atoms with E-state index in [1.807, 2.05) is 25.1 Å². The van der Waals surface area contributed by atoms with Gasteiger partial charge in [-0.3, -0.25) is 4.79 Å². The van der Waals surface area contributed by atoms with E-state index in [-0.39, 0.29) is 22.1 Å². The van der Waals surface area contributed by atoms with Crippen molar-refractivity contribution in [3.8, 4) is 17.6 Å². The van der Waals surface area contributed by atoms with Gasteiger partial charge in [0, 0.05) is 5.69 Å². The summed E-state index contributed by atoms with van der Waals surface area (Å²) in [4.78, 5) is 12.3. The van der Waals surface area contributed by atoms with Crippen LogP contribution in [0.5, 0.6) is 11.5 Å². The predicted octanol–water partition coefficient (Wildman–Crippen LogP) is 4.55. The first-order valence-electron chi connectivity index (χ1n) is 8.15. The van der Waals surface area contributed by atoms with Gasteiger partial charge in [0.25, 0.3) is 5.91 Å². The van der Waals surface area contributed by atoms with Gasteiger partial charge in [-0.1, -0.05) is 30.7 Å². The van der Waals surface area contributed by atoms with Gasteiger partial charge in [0.15, 0.2) is 11.5 Å². The van der Waals surface area contributed by atoms with E-state index < -0.39 is 5.91 Å². The van der Waals surface area contributed by atoms with Gasteiger partial charge >= 0.3 is 0 Å². The molecular formula is C20H19ClN2O3. The number of nitrogens with zero attached hydrogens (tertiary/aromatic N) is 1. The number of rotatable bonds is 6. The highest BCUT2D eigenvalue weighted by molar-refractivity contribution is 6.32. The van der Waals surface area contributed by atoms with Crippen LogP contribution < -0.4 is 10.1 Å². The van der Waals surface area contributed by atoms with Gasteiger partial charge < -0.3 is 15.2 Å². The number of nitrogens with one attached hydrogen (secondary N) is 1. The van der Waals surface area contributed by atoms with Crippen LogP contribution in [-0.2, 0) is 11.2 Å². The third-order valence-corrected chi connectivity index (χ3v) is 3.93. The molecule has 0 atom stereocenters. The molecule has 1 amide bonds. The molecule has 0 fully saturated rings. The van der Waals surface area contributed by atoms with E-state index in [0.29, 0.717) is 17.9 Å². The Bertz CT molecular complexity index is 868. The van der Waals surface area contributed by atoms with Crippen molar-refractivity contribution in [3.05, 3.63) is 58.1 Å². The zero-order valence-corrected chi connectivity index (χ0v) is 15.3. The maximum Gasteiger partial charge on any atom is 0.266 e. The lowest BCUT2D eigenvalue weighted by Crippen LogP contribution is -2.13. The van der Waals surface area contributed by atoms with Crippen LogP contribution in [0.1, 0.15) is 25.0 Å². The average Bonchev–Trinajstić information content (AvgIpc) is 2.64. The van der Waals surface area contributed by atoms with Gasteiger partial charge in [0.2, 0.25) is 0 Å². The second kappa shape index (κ2) is 8.93. The second-order valence-electron chi connectivity index (χ2n) is 5.46. The van der Waals surface area contributed by atoms with Crippen molar-refractivity contribution >= 4 is 29.3 Å². The highest BCUT2D eigenvalue weighted by Gasteiger charge is 2.13. The number of aromatic hydroxyl groups is 1. The second-order valence-corrected chi connectivity index (χ2v) is 5.86. The third kappa shape index (κ3) is 4.78. The normalized spacial score (nSPS) is 10.9. The van der Waals surface area contributed by atoms with Crippen molar-refractivity contribution in [3.63, 3.8) is 0 Å². The molecule has 0 spiro atoms. The average molecular weight is 371 g/mol. The van der Waals surface area contributed by atoms with E-state index in [2.05, 4.69) is 5.32 Å². The monoisotopic (exact) mass is 370 g/mol. The molecular weight excluding hydrogens is 352 g/mol. The Balaban J connectivity index is 2.26. The molecule has 6 heteroatoms. The molecule has 0 heterocycles. The van der Waals surface area contributed by atoms with Crippen molar-refractivity contribution in [2.24, 2.45) is 0 Å². The maximum absolute atomic E-state index is 12.3. The highest BCUT2D eigenvalue weighted by Crippen LogP contribution is 2.35. The van der Waals surface area contributed by atoms with Crippen LogP contribution in [0.4, 0.5) is 5.69 Å². The predicted molar refractivity (Wildman–Crippen MR) is 102 cm³/mol. The number of anilines is 1. The van der Waals surface area contributed by atoms with Gasteiger partial charge in [-0.15, -0.1) is 0 Å². The lowest BCUT2D eigenvalue weighted by Gasteiger charge is -2.09. The minimum atomic E-state index is -0.529. The quantitative estimate of drug-likeness (QED) is 0.577. The summed E-state index contributed by atoms with van der Waals surface area (Å²) < 4.78 is 5.30. The summed E-state index contributed by atoms with van der Waals surface area (Å²) in [6.07, 6.45) is 2.30. The summed E-state index contributed by atoms with van der Waals surface area (Å²) in [7, 11) is 0. The molecule has 0 aliphatic rings. The van der Waals surface area contributed by atoms with Crippen LogP contribution in [-0.4, -0.2) is 17.6 Å². The summed E-state index contributed by atoms with van der Waals surface area (Å²) in [5, 5.41) is 22.0. The van der Waals surface area contributed by atoms with Gasteiger partial charge in [-0.05, 0) is 54.8 Å². The van der Waals surface area contributed by atoms with E-state index in [4.69, 9.17) is 16.3 Å². The van der Waals surface area contributed by atoms with Crippen molar-refractivity contribution in [1.29, 1.82) is 5.26 Å². The number of amides is 1. The largest absolute Gasteiger partial charge is 0.503 e. The number of aryl methyl sites for hydroxylation is 1. The highest BCUT2D eigenvalue weighted by atomic mass is 35.5. The third-order valence-electron chi connectivity index (χ3n) is 3.65. The molecule has 2 aromatic rings. The van der Waals surface area contributed by atoms with E-state index in [1.54, 1.807) is 19.1 Å². The Labute approximate surface area is 157 Å². The lowest BCUT2D eigenvalue weighted by atomic mass is 10.1. The van der Waals surface area contributed by atoms with Gasteiger partial charge in [-0.2, -0.15) is 5.26 Å². The van der Waals surface area contributed by atoms with Crippen LogP contribution in [0.25, 0.3) is 6.08 Å². The first-order valence-corrected chi connectivity index (χ1v) is 8.53. The standard InChI is InChI=1S/C20H19ClN2O3/c1-3-13-5-7-16(8-6-13)23-20(25)15(12-22)9-14-10-17(21)19(24)18(11-14)26-4-2/h5-11,24H,3-4H2,1-2H3,(H,23,25). The number of phenolic OH excluding ortho intramolecular Hbond substituents is 1. The van der Waals surface area contributed by atoms with E-state index >= 15 is 0 Å². The fraction of sp³-hybridized carbons (Fsp3) is 0.200. The van der Waals surface area contributed by atoms with Gasteiger partial charge in [0.1, 0.15) is 11.6 Å². The van der Waals surface area contributed by atoms with Crippen molar-refractivity contribution < 1.29 is 14.6 Å². The molecule has 0 aliphatic heterocycles. The minimum absolute atomic E-state index is 0.0788. The summed E-state index contributed by atoms with van der Waals surface area (Å²) in [5.74, 6) is -0.511. The molecule has 0 saturated heterocycles. The zero-order valence-electron chi connectivity index (χ0n) is 14.5.